The highest BCUT2D eigenvalue weighted by molar-refractivity contribution is 5.69. The molecule has 0 saturated carbocycles. The molecule has 0 heterocycles. The van der Waals surface area contributed by atoms with Crippen molar-refractivity contribution in [1.82, 2.24) is 0 Å². The molecular weight excluding hydrogens is 183 g/mol. The van der Waals surface area contributed by atoms with Crippen LogP contribution in [0.15, 0.2) is 18.2 Å². The number of carboxylic acid groups (broad SMARTS) is 1. The largest absolute Gasteiger partial charge is 0.481 e. The maximum absolute atomic E-state index is 12.9. The third kappa shape index (κ3) is 2.83. The van der Waals surface area contributed by atoms with Gasteiger partial charge in [0.05, 0.1) is 5.92 Å². The van der Waals surface area contributed by atoms with E-state index >= 15 is 0 Å². The van der Waals surface area contributed by atoms with E-state index in [-0.39, 0.29) is 5.82 Å². The van der Waals surface area contributed by atoms with Crippen molar-refractivity contribution in [3.63, 3.8) is 0 Å². The highest BCUT2D eigenvalue weighted by Crippen LogP contribution is 2.13. The number of aliphatic carboxylic acids is 1. The minimum atomic E-state index is -0.855. The van der Waals surface area contributed by atoms with Crippen molar-refractivity contribution < 1.29 is 14.3 Å². The third-order valence-electron chi connectivity index (χ3n) is 2.07. The van der Waals surface area contributed by atoms with Crippen molar-refractivity contribution >= 4 is 5.97 Å². The number of carboxylic acids is 1. The van der Waals surface area contributed by atoms with Crippen LogP contribution in [0.1, 0.15) is 18.1 Å². The maximum atomic E-state index is 12.9. The van der Waals surface area contributed by atoms with Crippen LogP contribution in [0.3, 0.4) is 0 Å². The van der Waals surface area contributed by atoms with Crippen LogP contribution in [0.5, 0.6) is 0 Å². The molecule has 1 unspecified atom stereocenters. The first-order chi connectivity index (χ1) is 6.49. The molecule has 2 nitrogen and oxygen atoms in total. The van der Waals surface area contributed by atoms with E-state index in [0.717, 1.165) is 11.1 Å². The Morgan fingerprint density at radius 2 is 2.14 bits per heavy atom. The molecule has 0 saturated heterocycles. The van der Waals surface area contributed by atoms with Crippen molar-refractivity contribution in [2.75, 3.05) is 0 Å². The summed E-state index contributed by atoms with van der Waals surface area (Å²) in [6.07, 6.45) is 0.369. The predicted octanol–water partition coefficient (Wildman–Crippen LogP) is 2.40. The van der Waals surface area contributed by atoms with Gasteiger partial charge in [-0.2, -0.15) is 0 Å². The minimum absolute atomic E-state index is 0.308. The van der Waals surface area contributed by atoms with Crippen LogP contribution in [0, 0.1) is 18.7 Å². The van der Waals surface area contributed by atoms with Gasteiger partial charge in [-0.25, -0.2) is 4.39 Å². The molecule has 0 bridgehead atoms. The van der Waals surface area contributed by atoms with Gasteiger partial charge in [-0.05, 0) is 36.6 Å². The Kier molecular flexibility index (Phi) is 3.23. The average Bonchev–Trinajstić information content (AvgIpc) is 2.01. The van der Waals surface area contributed by atoms with E-state index in [1.807, 2.05) is 6.07 Å². The Bertz CT molecular complexity index is 327. The standard InChI is InChI=1S/C11H13FO2/c1-7-3-9(6-10(12)4-7)5-8(2)11(13)14/h3-4,6,8H,5H2,1-2H3,(H,13,14). The summed E-state index contributed by atoms with van der Waals surface area (Å²) in [7, 11) is 0. The molecule has 0 fully saturated rings. The lowest BCUT2D eigenvalue weighted by atomic mass is 10.00. The molecule has 0 radical (unpaired) electrons. The van der Waals surface area contributed by atoms with Gasteiger partial charge in [0.1, 0.15) is 5.82 Å². The molecule has 0 aliphatic rings. The molecule has 0 amide bonds. The van der Waals surface area contributed by atoms with Gasteiger partial charge < -0.3 is 5.11 Å². The molecule has 0 spiro atoms. The Labute approximate surface area is 82.4 Å². The second-order valence-corrected chi connectivity index (χ2v) is 3.58. The number of carbonyl (C=O) groups is 1. The van der Waals surface area contributed by atoms with E-state index in [4.69, 9.17) is 5.11 Å². The lowest BCUT2D eigenvalue weighted by molar-refractivity contribution is -0.141. The predicted molar refractivity (Wildman–Crippen MR) is 51.6 cm³/mol. The zero-order chi connectivity index (χ0) is 10.7. The summed E-state index contributed by atoms with van der Waals surface area (Å²) in [5.41, 5.74) is 1.55. The van der Waals surface area contributed by atoms with Crippen LogP contribution in [-0.2, 0) is 11.2 Å². The SMILES string of the molecule is Cc1cc(F)cc(CC(C)C(=O)O)c1. The summed E-state index contributed by atoms with van der Waals surface area (Å²) in [5, 5.41) is 8.69. The zero-order valence-electron chi connectivity index (χ0n) is 8.25. The van der Waals surface area contributed by atoms with Gasteiger partial charge >= 0.3 is 5.97 Å². The molecule has 1 rings (SSSR count). The lowest BCUT2D eigenvalue weighted by Gasteiger charge is -2.07. The van der Waals surface area contributed by atoms with Gasteiger partial charge in [0.2, 0.25) is 0 Å². The Morgan fingerprint density at radius 1 is 1.50 bits per heavy atom. The summed E-state index contributed by atoms with van der Waals surface area (Å²) in [6.45, 7) is 3.40. The van der Waals surface area contributed by atoms with E-state index < -0.39 is 11.9 Å². The maximum Gasteiger partial charge on any atom is 0.306 e. The molecular formula is C11H13FO2. The number of aryl methyl sites for hydroxylation is 1. The first kappa shape index (κ1) is 10.7. The number of halogens is 1. The van der Waals surface area contributed by atoms with Gasteiger partial charge in [0.15, 0.2) is 0 Å². The summed E-state index contributed by atoms with van der Waals surface area (Å²) in [6, 6.07) is 4.61. The van der Waals surface area contributed by atoms with Crippen molar-refractivity contribution in [1.29, 1.82) is 0 Å². The van der Waals surface area contributed by atoms with E-state index in [0.29, 0.717) is 6.42 Å². The molecule has 0 aliphatic carbocycles. The van der Waals surface area contributed by atoms with Crippen LogP contribution >= 0.6 is 0 Å². The average molecular weight is 196 g/mol. The normalized spacial score (nSPS) is 12.5. The van der Waals surface area contributed by atoms with Gasteiger partial charge in [0, 0.05) is 0 Å². The fraction of sp³-hybridized carbons (Fsp3) is 0.364. The van der Waals surface area contributed by atoms with Gasteiger partial charge in [-0.3, -0.25) is 4.79 Å². The zero-order valence-corrected chi connectivity index (χ0v) is 8.25. The van der Waals surface area contributed by atoms with Gasteiger partial charge in [-0.1, -0.05) is 13.0 Å². The molecule has 0 aromatic heterocycles. The summed E-state index contributed by atoms with van der Waals surface area (Å²) >= 11 is 0. The first-order valence-corrected chi connectivity index (χ1v) is 4.48. The molecule has 1 N–H and O–H groups in total. The molecule has 1 aromatic carbocycles. The Balaban J connectivity index is 2.81. The smallest absolute Gasteiger partial charge is 0.306 e. The fourth-order valence-corrected chi connectivity index (χ4v) is 1.37. The van der Waals surface area contributed by atoms with E-state index in [9.17, 15) is 9.18 Å². The van der Waals surface area contributed by atoms with Crippen molar-refractivity contribution in [2.24, 2.45) is 5.92 Å². The summed E-state index contributed by atoms with van der Waals surface area (Å²) in [4.78, 5) is 10.6. The van der Waals surface area contributed by atoms with Crippen molar-refractivity contribution in [3.8, 4) is 0 Å². The van der Waals surface area contributed by atoms with Gasteiger partial charge in [0.25, 0.3) is 0 Å². The first-order valence-electron chi connectivity index (χ1n) is 4.48. The van der Waals surface area contributed by atoms with E-state index in [1.165, 1.54) is 12.1 Å². The van der Waals surface area contributed by atoms with Crippen molar-refractivity contribution in [2.45, 2.75) is 20.3 Å². The van der Waals surface area contributed by atoms with Crippen molar-refractivity contribution in [3.05, 3.63) is 35.1 Å². The van der Waals surface area contributed by atoms with Gasteiger partial charge in [-0.15, -0.1) is 0 Å². The number of hydrogen-bond acceptors (Lipinski definition) is 1. The summed E-state index contributed by atoms with van der Waals surface area (Å²) < 4.78 is 12.9. The number of hydrogen-bond donors (Lipinski definition) is 1. The van der Waals surface area contributed by atoms with Crippen LogP contribution in [0.4, 0.5) is 4.39 Å². The molecule has 1 aromatic rings. The second-order valence-electron chi connectivity index (χ2n) is 3.58. The highest BCUT2D eigenvalue weighted by Gasteiger charge is 2.12. The quantitative estimate of drug-likeness (QED) is 0.806. The number of benzene rings is 1. The summed E-state index contributed by atoms with van der Waals surface area (Å²) in [5.74, 6) is -1.64. The lowest BCUT2D eigenvalue weighted by Crippen LogP contribution is -2.12. The van der Waals surface area contributed by atoms with Crippen LogP contribution in [0.25, 0.3) is 0 Å². The van der Waals surface area contributed by atoms with E-state index in [2.05, 4.69) is 0 Å². The molecule has 0 aliphatic heterocycles. The van der Waals surface area contributed by atoms with Crippen LogP contribution in [0.2, 0.25) is 0 Å². The molecule has 1 atom stereocenters. The third-order valence-corrected chi connectivity index (χ3v) is 2.07. The molecule has 76 valence electrons. The molecule has 3 heteroatoms. The fourth-order valence-electron chi connectivity index (χ4n) is 1.37. The molecule has 14 heavy (non-hydrogen) atoms. The minimum Gasteiger partial charge on any atom is -0.481 e. The monoisotopic (exact) mass is 196 g/mol. The van der Waals surface area contributed by atoms with E-state index in [1.54, 1.807) is 13.8 Å². The second kappa shape index (κ2) is 4.22. The van der Waals surface area contributed by atoms with Crippen LogP contribution in [-0.4, -0.2) is 11.1 Å². The highest BCUT2D eigenvalue weighted by atomic mass is 19.1. The topological polar surface area (TPSA) is 37.3 Å². The number of rotatable bonds is 3. The Morgan fingerprint density at radius 3 is 2.64 bits per heavy atom. The van der Waals surface area contributed by atoms with Crippen LogP contribution < -0.4 is 0 Å². The Hall–Kier alpha value is -1.38.